The highest BCUT2D eigenvalue weighted by atomic mass is 79.9. The van der Waals surface area contributed by atoms with E-state index in [1.165, 1.54) is 18.3 Å². The van der Waals surface area contributed by atoms with E-state index in [-0.39, 0.29) is 11.4 Å². The van der Waals surface area contributed by atoms with Gasteiger partial charge in [-0.15, -0.1) is 0 Å². The third kappa shape index (κ3) is 3.43. The number of pyridine rings is 1. The summed E-state index contributed by atoms with van der Waals surface area (Å²) in [5.41, 5.74) is 2.09. The largest absolute Gasteiger partial charge is 0.316 e. The Hall–Kier alpha value is -2.28. The van der Waals surface area contributed by atoms with Gasteiger partial charge >= 0.3 is 0 Å². The SMILES string of the molecule is Cc1cc(NC(=O)c2ccnc(Br)c2)c([N+](=O)[O-])cc1C. The van der Waals surface area contributed by atoms with Crippen molar-refractivity contribution < 1.29 is 9.72 Å². The van der Waals surface area contributed by atoms with Gasteiger partial charge in [-0.1, -0.05) is 0 Å². The molecule has 0 fully saturated rings. The Balaban J connectivity index is 2.37. The molecule has 0 saturated heterocycles. The Morgan fingerprint density at radius 1 is 1.29 bits per heavy atom. The first-order valence-electron chi connectivity index (χ1n) is 6.07. The predicted molar refractivity (Wildman–Crippen MR) is 82.5 cm³/mol. The number of carbonyl (C=O) groups is 1. The molecule has 0 aliphatic carbocycles. The van der Waals surface area contributed by atoms with Crippen LogP contribution in [0, 0.1) is 24.0 Å². The number of anilines is 1. The van der Waals surface area contributed by atoms with Gasteiger partial charge in [0, 0.05) is 17.8 Å². The summed E-state index contributed by atoms with van der Waals surface area (Å²) >= 11 is 3.18. The second-order valence-corrected chi connectivity index (χ2v) is 5.34. The summed E-state index contributed by atoms with van der Waals surface area (Å²) in [6.45, 7) is 3.62. The van der Waals surface area contributed by atoms with Crippen molar-refractivity contribution in [1.29, 1.82) is 0 Å². The molecule has 0 aliphatic rings. The molecule has 2 aromatic rings. The van der Waals surface area contributed by atoms with Gasteiger partial charge in [0.25, 0.3) is 11.6 Å². The molecule has 0 atom stereocenters. The van der Waals surface area contributed by atoms with Gasteiger partial charge in [-0.25, -0.2) is 4.98 Å². The molecule has 0 radical (unpaired) electrons. The quantitative estimate of drug-likeness (QED) is 0.520. The number of aromatic nitrogens is 1. The molecule has 1 amide bonds. The second-order valence-electron chi connectivity index (χ2n) is 4.53. The van der Waals surface area contributed by atoms with Crippen molar-refractivity contribution in [1.82, 2.24) is 4.98 Å². The summed E-state index contributed by atoms with van der Waals surface area (Å²) in [7, 11) is 0. The molecule has 1 aromatic heterocycles. The van der Waals surface area contributed by atoms with Gasteiger partial charge in [-0.2, -0.15) is 0 Å². The van der Waals surface area contributed by atoms with Crippen LogP contribution in [0.3, 0.4) is 0 Å². The van der Waals surface area contributed by atoms with Crippen LogP contribution < -0.4 is 5.32 Å². The fourth-order valence-corrected chi connectivity index (χ4v) is 2.16. The minimum Gasteiger partial charge on any atom is -0.316 e. The zero-order valence-corrected chi connectivity index (χ0v) is 13.0. The number of nitrogens with one attached hydrogen (secondary N) is 1. The third-order valence-electron chi connectivity index (χ3n) is 3.05. The normalized spacial score (nSPS) is 10.2. The van der Waals surface area contributed by atoms with Gasteiger partial charge in [0.1, 0.15) is 10.3 Å². The number of carbonyl (C=O) groups excluding carboxylic acids is 1. The predicted octanol–water partition coefficient (Wildman–Crippen LogP) is 3.62. The summed E-state index contributed by atoms with van der Waals surface area (Å²) in [5, 5.41) is 13.7. The molecule has 6 nitrogen and oxygen atoms in total. The van der Waals surface area contributed by atoms with Crippen LogP contribution in [0.25, 0.3) is 0 Å². The van der Waals surface area contributed by atoms with E-state index in [0.717, 1.165) is 11.1 Å². The van der Waals surface area contributed by atoms with Crippen molar-refractivity contribution in [3.63, 3.8) is 0 Å². The van der Waals surface area contributed by atoms with Gasteiger partial charge in [-0.3, -0.25) is 14.9 Å². The summed E-state index contributed by atoms with van der Waals surface area (Å²) in [6.07, 6.45) is 1.48. The molecule has 0 saturated carbocycles. The lowest BCUT2D eigenvalue weighted by Crippen LogP contribution is -2.13. The molecule has 0 spiro atoms. The minimum absolute atomic E-state index is 0.125. The monoisotopic (exact) mass is 349 g/mol. The molecular weight excluding hydrogens is 338 g/mol. The van der Waals surface area contributed by atoms with Crippen molar-refractivity contribution in [2.75, 3.05) is 5.32 Å². The number of hydrogen-bond acceptors (Lipinski definition) is 4. The number of nitrogens with zero attached hydrogens (tertiary/aromatic N) is 2. The average molecular weight is 350 g/mol. The van der Waals surface area contributed by atoms with Crippen molar-refractivity contribution in [3.8, 4) is 0 Å². The fraction of sp³-hybridized carbons (Fsp3) is 0.143. The Morgan fingerprint density at radius 2 is 1.95 bits per heavy atom. The Labute approximate surface area is 129 Å². The smallest absolute Gasteiger partial charge is 0.293 e. The van der Waals surface area contributed by atoms with Crippen LogP contribution in [0.15, 0.2) is 35.1 Å². The van der Waals surface area contributed by atoms with Crippen LogP contribution in [-0.2, 0) is 0 Å². The highest BCUT2D eigenvalue weighted by Crippen LogP contribution is 2.28. The molecule has 108 valence electrons. The number of nitro groups is 1. The lowest BCUT2D eigenvalue weighted by molar-refractivity contribution is -0.384. The lowest BCUT2D eigenvalue weighted by Gasteiger charge is -2.09. The Kier molecular flexibility index (Phi) is 4.32. The number of benzene rings is 1. The topological polar surface area (TPSA) is 85.1 Å². The molecule has 1 aromatic carbocycles. The van der Waals surface area contributed by atoms with Crippen LogP contribution in [0.5, 0.6) is 0 Å². The summed E-state index contributed by atoms with van der Waals surface area (Å²) in [4.78, 5) is 26.7. The standard InChI is InChI=1S/C14H12BrN3O3/c1-8-5-11(12(18(20)21)6-9(8)2)17-14(19)10-3-4-16-13(15)7-10/h3-7H,1-2H3,(H,17,19). The summed E-state index contributed by atoms with van der Waals surface area (Å²) in [5.74, 6) is -0.426. The Morgan fingerprint density at radius 3 is 2.57 bits per heavy atom. The number of halogens is 1. The maximum absolute atomic E-state index is 12.2. The number of hydrogen-bond donors (Lipinski definition) is 1. The molecule has 0 unspecified atom stereocenters. The number of aryl methyl sites for hydroxylation is 2. The van der Waals surface area contributed by atoms with Gasteiger partial charge in [0.05, 0.1) is 4.92 Å². The van der Waals surface area contributed by atoms with Gasteiger partial charge in [0.2, 0.25) is 0 Å². The summed E-state index contributed by atoms with van der Waals surface area (Å²) < 4.78 is 0.518. The molecule has 1 heterocycles. The molecule has 0 bridgehead atoms. The van der Waals surface area contributed by atoms with Crippen LogP contribution in [0.1, 0.15) is 21.5 Å². The molecule has 7 heteroatoms. The Bertz CT molecular complexity index is 731. The third-order valence-corrected chi connectivity index (χ3v) is 3.48. The van der Waals surface area contributed by atoms with E-state index in [9.17, 15) is 14.9 Å². The van der Waals surface area contributed by atoms with Crippen LogP contribution in [-0.4, -0.2) is 15.8 Å². The summed E-state index contributed by atoms with van der Waals surface area (Å²) in [6, 6.07) is 6.13. The number of amides is 1. The zero-order chi connectivity index (χ0) is 15.6. The highest BCUT2D eigenvalue weighted by molar-refractivity contribution is 9.10. The first kappa shape index (κ1) is 15.1. The van der Waals surface area contributed by atoms with E-state index in [4.69, 9.17) is 0 Å². The van der Waals surface area contributed by atoms with Crippen molar-refractivity contribution >= 4 is 33.2 Å². The van der Waals surface area contributed by atoms with Gasteiger partial charge in [0.15, 0.2) is 0 Å². The average Bonchev–Trinajstić information content (AvgIpc) is 2.42. The molecule has 21 heavy (non-hydrogen) atoms. The van der Waals surface area contributed by atoms with Gasteiger partial charge < -0.3 is 5.32 Å². The zero-order valence-electron chi connectivity index (χ0n) is 11.4. The van der Waals surface area contributed by atoms with Crippen LogP contribution in [0.4, 0.5) is 11.4 Å². The number of rotatable bonds is 3. The van der Waals surface area contributed by atoms with E-state index < -0.39 is 10.8 Å². The maximum atomic E-state index is 12.2. The van der Waals surface area contributed by atoms with E-state index in [1.807, 2.05) is 6.92 Å². The van der Waals surface area contributed by atoms with E-state index in [2.05, 4.69) is 26.2 Å². The van der Waals surface area contributed by atoms with Gasteiger partial charge in [-0.05, 0) is 59.1 Å². The molecule has 0 aliphatic heterocycles. The van der Waals surface area contributed by atoms with Crippen molar-refractivity contribution in [2.24, 2.45) is 0 Å². The first-order chi connectivity index (χ1) is 9.88. The molecule has 2 rings (SSSR count). The van der Waals surface area contributed by atoms with Crippen molar-refractivity contribution in [3.05, 3.63) is 61.9 Å². The van der Waals surface area contributed by atoms with E-state index >= 15 is 0 Å². The van der Waals surface area contributed by atoms with E-state index in [1.54, 1.807) is 19.1 Å². The minimum atomic E-state index is -0.509. The van der Waals surface area contributed by atoms with Crippen LogP contribution in [0.2, 0.25) is 0 Å². The maximum Gasteiger partial charge on any atom is 0.293 e. The first-order valence-corrected chi connectivity index (χ1v) is 6.86. The highest BCUT2D eigenvalue weighted by Gasteiger charge is 2.18. The van der Waals surface area contributed by atoms with Crippen molar-refractivity contribution in [2.45, 2.75) is 13.8 Å². The second kappa shape index (κ2) is 6.01. The van der Waals surface area contributed by atoms with E-state index in [0.29, 0.717) is 10.2 Å². The fourth-order valence-electron chi connectivity index (χ4n) is 1.79. The van der Waals surface area contributed by atoms with Crippen LogP contribution >= 0.6 is 15.9 Å². The molecular formula is C14H12BrN3O3. The number of nitro benzene ring substituents is 1. The lowest BCUT2D eigenvalue weighted by atomic mass is 10.1. The molecule has 1 N–H and O–H groups in total.